The maximum atomic E-state index is 3.68. The molecule has 2 aliphatic rings. The van der Waals surface area contributed by atoms with Gasteiger partial charge in [-0.15, -0.1) is 0 Å². The van der Waals surface area contributed by atoms with Gasteiger partial charge in [-0.1, -0.05) is 12.5 Å². The lowest BCUT2D eigenvalue weighted by molar-refractivity contribution is 0.145. The highest BCUT2D eigenvalue weighted by Crippen LogP contribution is 2.42. The van der Waals surface area contributed by atoms with E-state index in [1.54, 1.807) is 0 Å². The Hall–Kier alpha value is 0.1000. The van der Waals surface area contributed by atoms with Crippen LogP contribution in [0.2, 0.25) is 0 Å². The molecule has 1 aromatic carbocycles. The van der Waals surface area contributed by atoms with Gasteiger partial charge in [-0.3, -0.25) is 4.90 Å². The average Bonchev–Trinajstić information content (AvgIpc) is 3.28. The highest BCUT2D eigenvalue weighted by atomic mass is 79.9. The van der Waals surface area contributed by atoms with E-state index in [4.69, 9.17) is 0 Å². The van der Waals surface area contributed by atoms with E-state index < -0.39 is 0 Å². The zero-order valence-corrected chi connectivity index (χ0v) is 15.8. The minimum Gasteiger partial charge on any atom is -0.319 e. The molecule has 3 rings (SSSR count). The SMILES string of the molecule is CNCC1CCCCN(C2CC2)C1c1ccc(Br)c(Br)c1. The summed E-state index contributed by atoms with van der Waals surface area (Å²) < 4.78 is 2.31. The van der Waals surface area contributed by atoms with E-state index in [1.165, 1.54) is 48.7 Å². The van der Waals surface area contributed by atoms with E-state index in [0.29, 0.717) is 12.0 Å². The van der Waals surface area contributed by atoms with E-state index in [-0.39, 0.29) is 0 Å². The molecule has 1 aliphatic carbocycles. The summed E-state index contributed by atoms with van der Waals surface area (Å²) in [5, 5.41) is 3.42. The van der Waals surface area contributed by atoms with Gasteiger partial charge in [-0.25, -0.2) is 0 Å². The first kappa shape index (κ1) is 16.0. The Bertz CT molecular complexity index is 488. The van der Waals surface area contributed by atoms with Crippen molar-refractivity contribution in [3.8, 4) is 0 Å². The normalized spacial score (nSPS) is 27.6. The minimum atomic E-state index is 0.567. The van der Waals surface area contributed by atoms with Gasteiger partial charge in [-0.05, 0) is 101 Å². The fourth-order valence-corrected chi connectivity index (χ4v) is 4.36. The van der Waals surface area contributed by atoms with Gasteiger partial charge in [0, 0.05) is 21.0 Å². The quantitative estimate of drug-likeness (QED) is 0.763. The van der Waals surface area contributed by atoms with Crippen LogP contribution in [0.4, 0.5) is 0 Å². The van der Waals surface area contributed by atoms with Crippen molar-refractivity contribution in [3.05, 3.63) is 32.7 Å². The maximum absolute atomic E-state index is 3.68. The lowest BCUT2D eigenvalue weighted by Gasteiger charge is -2.36. The van der Waals surface area contributed by atoms with Gasteiger partial charge in [0.15, 0.2) is 0 Å². The first-order chi connectivity index (χ1) is 10.2. The van der Waals surface area contributed by atoms with Crippen LogP contribution in [-0.2, 0) is 0 Å². The second kappa shape index (κ2) is 7.12. The molecule has 1 saturated heterocycles. The van der Waals surface area contributed by atoms with E-state index in [9.17, 15) is 0 Å². The lowest BCUT2D eigenvalue weighted by Crippen LogP contribution is -2.37. The summed E-state index contributed by atoms with van der Waals surface area (Å²) in [4.78, 5) is 2.80. The maximum Gasteiger partial charge on any atom is 0.0391 e. The number of halogens is 2. The van der Waals surface area contributed by atoms with Crippen molar-refractivity contribution in [1.82, 2.24) is 10.2 Å². The first-order valence-electron chi connectivity index (χ1n) is 8.06. The fraction of sp³-hybridized carbons (Fsp3) is 0.647. The standard InChI is InChI=1S/C17H24Br2N2/c1-20-11-13-4-2-3-9-21(14-6-7-14)17(13)12-5-8-15(18)16(19)10-12/h5,8,10,13-14,17,20H,2-4,6-7,9,11H2,1H3. The Morgan fingerprint density at radius 3 is 2.62 bits per heavy atom. The summed E-state index contributed by atoms with van der Waals surface area (Å²) in [6.07, 6.45) is 6.83. The molecule has 1 N–H and O–H groups in total. The molecule has 4 heteroatoms. The summed E-state index contributed by atoms with van der Waals surface area (Å²) >= 11 is 7.28. The fourth-order valence-electron chi connectivity index (χ4n) is 3.72. The van der Waals surface area contributed by atoms with E-state index in [2.05, 4.69) is 67.3 Å². The molecule has 2 unspecified atom stereocenters. The van der Waals surface area contributed by atoms with E-state index in [0.717, 1.165) is 17.1 Å². The van der Waals surface area contributed by atoms with Crippen molar-refractivity contribution in [3.63, 3.8) is 0 Å². The lowest BCUT2D eigenvalue weighted by atomic mass is 9.89. The van der Waals surface area contributed by atoms with Crippen LogP contribution < -0.4 is 5.32 Å². The molecule has 1 heterocycles. The summed E-state index contributed by atoms with van der Waals surface area (Å²) in [6, 6.07) is 8.21. The van der Waals surface area contributed by atoms with Crippen molar-refractivity contribution < 1.29 is 0 Å². The van der Waals surface area contributed by atoms with Crippen molar-refractivity contribution in [2.24, 2.45) is 5.92 Å². The van der Waals surface area contributed by atoms with Crippen LogP contribution in [0.5, 0.6) is 0 Å². The van der Waals surface area contributed by atoms with Gasteiger partial charge in [0.05, 0.1) is 0 Å². The monoisotopic (exact) mass is 414 g/mol. The highest BCUT2D eigenvalue weighted by Gasteiger charge is 2.39. The van der Waals surface area contributed by atoms with Gasteiger partial charge in [-0.2, -0.15) is 0 Å². The first-order valence-corrected chi connectivity index (χ1v) is 9.64. The molecular formula is C17H24Br2N2. The largest absolute Gasteiger partial charge is 0.319 e. The Morgan fingerprint density at radius 1 is 1.14 bits per heavy atom. The van der Waals surface area contributed by atoms with Gasteiger partial charge >= 0.3 is 0 Å². The molecule has 0 aromatic heterocycles. The zero-order valence-electron chi connectivity index (χ0n) is 12.6. The number of rotatable bonds is 4. The molecule has 0 amide bonds. The summed E-state index contributed by atoms with van der Waals surface area (Å²) in [6.45, 7) is 2.38. The number of hydrogen-bond donors (Lipinski definition) is 1. The summed E-state index contributed by atoms with van der Waals surface area (Å²) in [5.74, 6) is 0.714. The number of hydrogen-bond acceptors (Lipinski definition) is 2. The second-order valence-corrected chi connectivity index (χ2v) is 8.11. The van der Waals surface area contributed by atoms with Crippen molar-refractivity contribution in [1.29, 1.82) is 0 Å². The molecule has 116 valence electrons. The number of benzene rings is 1. The third-order valence-corrected chi connectivity index (χ3v) is 6.69. The van der Waals surface area contributed by atoms with Crippen LogP contribution in [-0.4, -0.2) is 31.1 Å². The predicted octanol–water partition coefficient (Wildman–Crippen LogP) is 4.74. The molecular weight excluding hydrogens is 392 g/mol. The van der Waals surface area contributed by atoms with Crippen molar-refractivity contribution >= 4 is 31.9 Å². The molecule has 2 atom stereocenters. The Morgan fingerprint density at radius 2 is 1.95 bits per heavy atom. The van der Waals surface area contributed by atoms with Crippen LogP contribution in [0.25, 0.3) is 0 Å². The third kappa shape index (κ3) is 3.72. The highest BCUT2D eigenvalue weighted by molar-refractivity contribution is 9.13. The smallest absolute Gasteiger partial charge is 0.0391 e. The molecule has 1 aromatic rings. The molecule has 0 radical (unpaired) electrons. The van der Waals surface area contributed by atoms with Gasteiger partial charge in [0.2, 0.25) is 0 Å². The molecule has 0 spiro atoms. The molecule has 2 nitrogen and oxygen atoms in total. The predicted molar refractivity (Wildman–Crippen MR) is 95.6 cm³/mol. The Labute approximate surface area is 144 Å². The van der Waals surface area contributed by atoms with Gasteiger partial charge in [0.1, 0.15) is 0 Å². The van der Waals surface area contributed by atoms with Crippen molar-refractivity contribution in [2.45, 2.75) is 44.2 Å². The molecule has 21 heavy (non-hydrogen) atoms. The topological polar surface area (TPSA) is 15.3 Å². The average molecular weight is 416 g/mol. The number of likely N-dealkylation sites (tertiary alicyclic amines) is 1. The number of nitrogens with one attached hydrogen (secondary N) is 1. The molecule has 0 bridgehead atoms. The third-order valence-electron chi connectivity index (χ3n) is 4.81. The summed E-state index contributed by atoms with van der Waals surface area (Å²) in [5.41, 5.74) is 1.47. The molecule has 1 aliphatic heterocycles. The van der Waals surface area contributed by atoms with Crippen LogP contribution >= 0.6 is 31.9 Å². The van der Waals surface area contributed by atoms with E-state index >= 15 is 0 Å². The van der Waals surface area contributed by atoms with Crippen LogP contribution in [0, 0.1) is 5.92 Å². The second-order valence-electron chi connectivity index (χ2n) is 6.40. The van der Waals surface area contributed by atoms with Gasteiger partial charge < -0.3 is 5.32 Å². The van der Waals surface area contributed by atoms with Gasteiger partial charge in [0.25, 0.3) is 0 Å². The molecule has 1 saturated carbocycles. The molecule has 2 fully saturated rings. The number of nitrogens with zero attached hydrogens (tertiary/aromatic N) is 1. The Kier molecular flexibility index (Phi) is 5.41. The zero-order chi connectivity index (χ0) is 14.8. The van der Waals surface area contributed by atoms with Crippen molar-refractivity contribution in [2.75, 3.05) is 20.1 Å². The van der Waals surface area contributed by atoms with Crippen LogP contribution in [0.1, 0.15) is 43.7 Å². The van der Waals surface area contributed by atoms with Crippen LogP contribution in [0.15, 0.2) is 27.1 Å². The van der Waals surface area contributed by atoms with E-state index in [1.807, 2.05) is 0 Å². The summed E-state index contributed by atoms with van der Waals surface area (Å²) in [7, 11) is 2.08. The minimum absolute atomic E-state index is 0.567. The Balaban J connectivity index is 1.94. The van der Waals surface area contributed by atoms with Crippen LogP contribution in [0.3, 0.4) is 0 Å².